The van der Waals surface area contributed by atoms with Gasteiger partial charge in [0.05, 0.1) is 17.6 Å². The lowest BCUT2D eigenvalue weighted by Crippen LogP contribution is -1.95. The van der Waals surface area contributed by atoms with E-state index in [4.69, 9.17) is 9.94 Å². The third-order valence-corrected chi connectivity index (χ3v) is 1.19. The maximum absolute atomic E-state index is 8.00. The van der Waals surface area contributed by atoms with Crippen molar-refractivity contribution in [3.05, 3.63) is 23.8 Å². The van der Waals surface area contributed by atoms with E-state index in [1.165, 1.54) is 0 Å². The van der Waals surface area contributed by atoms with Crippen LogP contribution in [0.2, 0.25) is 0 Å². The van der Waals surface area contributed by atoms with Crippen LogP contribution in [0.4, 0.5) is 0 Å². The summed E-state index contributed by atoms with van der Waals surface area (Å²) in [5.74, 6) is 0. The predicted molar refractivity (Wildman–Crippen MR) is 41.8 cm³/mol. The molecule has 5 nitrogen and oxygen atoms in total. The summed E-state index contributed by atoms with van der Waals surface area (Å²) in [7, 11) is 0. The second-order valence-electron chi connectivity index (χ2n) is 2.18. The molecular weight excluding hydrogens is 158 g/mol. The van der Waals surface area contributed by atoms with Crippen LogP contribution in [0.1, 0.15) is 11.4 Å². The van der Waals surface area contributed by atoms with Crippen LogP contribution in [0.3, 0.4) is 0 Å². The van der Waals surface area contributed by atoms with E-state index in [0.717, 1.165) is 12.1 Å². The second-order valence-corrected chi connectivity index (χ2v) is 2.18. The van der Waals surface area contributed by atoms with Gasteiger partial charge in [-0.3, -0.25) is 9.97 Å². The molecule has 0 aliphatic carbocycles. The van der Waals surface area contributed by atoms with Gasteiger partial charge in [-0.2, -0.15) is 0 Å². The summed E-state index contributed by atoms with van der Waals surface area (Å²) in [6.07, 6.45) is 4.21. The first kappa shape index (κ1) is 8.45. The number of oxime groups is 1. The molecule has 1 aromatic rings. The molecule has 0 aliphatic heterocycles. The molecule has 1 heterocycles. The average molecular weight is 167 g/mol. The zero-order chi connectivity index (χ0) is 8.81. The molecule has 0 aliphatic rings. The van der Waals surface area contributed by atoms with Gasteiger partial charge in [0.1, 0.15) is 6.61 Å². The highest BCUT2D eigenvalue weighted by atomic mass is 16.5. The Morgan fingerprint density at radius 3 is 3.00 bits per heavy atom. The Balaban J connectivity index is 2.47. The maximum atomic E-state index is 8.00. The van der Waals surface area contributed by atoms with E-state index in [2.05, 4.69) is 15.1 Å². The minimum absolute atomic E-state index is 0.261. The molecule has 1 rings (SSSR count). The fourth-order valence-corrected chi connectivity index (χ4v) is 0.650. The van der Waals surface area contributed by atoms with Crippen molar-refractivity contribution in [2.24, 2.45) is 5.16 Å². The Kier molecular flexibility index (Phi) is 3.01. The van der Waals surface area contributed by atoms with Crippen LogP contribution in [0, 0.1) is 6.92 Å². The van der Waals surface area contributed by atoms with Crippen molar-refractivity contribution >= 4 is 6.40 Å². The van der Waals surface area contributed by atoms with Gasteiger partial charge in [-0.15, -0.1) is 0 Å². The van der Waals surface area contributed by atoms with Gasteiger partial charge in [0.15, 0.2) is 0 Å². The Bertz CT molecular complexity index is 258. The molecule has 0 saturated heterocycles. The Morgan fingerprint density at radius 2 is 2.42 bits per heavy atom. The summed E-state index contributed by atoms with van der Waals surface area (Å²) in [5, 5.41) is 10.7. The third-order valence-electron chi connectivity index (χ3n) is 1.19. The van der Waals surface area contributed by atoms with Crippen molar-refractivity contribution < 1.29 is 9.94 Å². The number of nitrogens with zero attached hydrogens (tertiary/aromatic N) is 3. The van der Waals surface area contributed by atoms with Gasteiger partial charge in [0, 0.05) is 6.20 Å². The number of aryl methyl sites for hydroxylation is 1. The zero-order valence-corrected chi connectivity index (χ0v) is 6.64. The van der Waals surface area contributed by atoms with Gasteiger partial charge in [-0.25, -0.2) is 0 Å². The van der Waals surface area contributed by atoms with E-state index in [1.807, 2.05) is 6.92 Å². The first-order valence-electron chi connectivity index (χ1n) is 3.38. The zero-order valence-electron chi connectivity index (χ0n) is 6.64. The molecule has 12 heavy (non-hydrogen) atoms. The van der Waals surface area contributed by atoms with Crippen LogP contribution in [-0.2, 0) is 11.3 Å². The highest BCUT2D eigenvalue weighted by molar-refractivity contribution is 5.44. The molecule has 0 saturated carbocycles. The molecule has 0 aromatic carbocycles. The van der Waals surface area contributed by atoms with Crippen molar-refractivity contribution in [3.8, 4) is 0 Å². The number of hydrogen-bond donors (Lipinski definition) is 1. The van der Waals surface area contributed by atoms with Gasteiger partial charge >= 0.3 is 0 Å². The minimum atomic E-state index is 0.261. The van der Waals surface area contributed by atoms with Crippen LogP contribution < -0.4 is 0 Å². The quantitative estimate of drug-likeness (QED) is 0.311. The maximum Gasteiger partial charge on any atom is 0.212 e. The van der Waals surface area contributed by atoms with Crippen LogP contribution in [0.15, 0.2) is 17.5 Å². The minimum Gasteiger partial charge on any atom is -0.474 e. The van der Waals surface area contributed by atoms with E-state index in [0.29, 0.717) is 5.69 Å². The molecule has 1 aromatic heterocycles. The predicted octanol–water partition coefficient (Wildman–Crippen LogP) is 0.719. The Labute approximate surface area is 69.7 Å². The van der Waals surface area contributed by atoms with Gasteiger partial charge in [-0.1, -0.05) is 5.16 Å². The Morgan fingerprint density at radius 1 is 1.58 bits per heavy atom. The van der Waals surface area contributed by atoms with Crippen molar-refractivity contribution in [1.29, 1.82) is 0 Å². The molecule has 5 heteroatoms. The van der Waals surface area contributed by atoms with Crippen molar-refractivity contribution in [2.75, 3.05) is 0 Å². The van der Waals surface area contributed by atoms with Crippen LogP contribution in [0.5, 0.6) is 0 Å². The summed E-state index contributed by atoms with van der Waals surface area (Å²) in [6, 6.07) is 0. The number of rotatable bonds is 3. The smallest absolute Gasteiger partial charge is 0.212 e. The standard InChI is InChI=1S/C7H9N3O2/c1-6-2-9-7(3-8-6)4-12-5-10-11/h2-3,5,11H,4H2,1H3. The second kappa shape index (κ2) is 4.27. The SMILES string of the molecule is Cc1cnc(COC=NO)cn1. The number of aromatic nitrogens is 2. The van der Waals surface area contributed by atoms with E-state index in [-0.39, 0.29) is 6.61 Å². The highest BCUT2D eigenvalue weighted by Gasteiger charge is 1.93. The number of hydrogen-bond acceptors (Lipinski definition) is 5. The van der Waals surface area contributed by atoms with E-state index in [9.17, 15) is 0 Å². The normalized spacial score (nSPS) is 10.4. The van der Waals surface area contributed by atoms with E-state index < -0.39 is 0 Å². The molecule has 0 radical (unpaired) electrons. The fourth-order valence-electron chi connectivity index (χ4n) is 0.650. The molecule has 0 fully saturated rings. The molecule has 0 amide bonds. The van der Waals surface area contributed by atoms with Gasteiger partial charge < -0.3 is 9.94 Å². The molecule has 0 unspecified atom stereocenters. The third kappa shape index (κ3) is 2.53. The summed E-state index contributed by atoms with van der Waals surface area (Å²) in [5.41, 5.74) is 1.55. The van der Waals surface area contributed by atoms with Crippen molar-refractivity contribution in [2.45, 2.75) is 13.5 Å². The van der Waals surface area contributed by atoms with Crippen molar-refractivity contribution in [1.82, 2.24) is 9.97 Å². The summed E-state index contributed by atoms with van der Waals surface area (Å²) in [4.78, 5) is 8.03. The summed E-state index contributed by atoms with van der Waals surface area (Å²) >= 11 is 0. The lowest BCUT2D eigenvalue weighted by Gasteiger charge is -1.97. The first-order valence-corrected chi connectivity index (χ1v) is 3.38. The molecule has 0 atom stereocenters. The van der Waals surface area contributed by atoms with Crippen LogP contribution >= 0.6 is 0 Å². The van der Waals surface area contributed by atoms with Gasteiger partial charge in [0.25, 0.3) is 0 Å². The van der Waals surface area contributed by atoms with Gasteiger partial charge in [0.2, 0.25) is 6.40 Å². The van der Waals surface area contributed by atoms with Crippen molar-refractivity contribution in [3.63, 3.8) is 0 Å². The lowest BCUT2D eigenvalue weighted by atomic mass is 10.4. The average Bonchev–Trinajstić information content (AvgIpc) is 2.09. The largest absolute Gasteiger partial charge is 0.474 e. The van der Waals surface area contributed by atoms with Gasteiger partial charge in [-0.05, 0) is 6.92 Å². The molecule has 0 bridgehead atoms. The monoisotopic (exact) mass is 167 g/mol. The molecule has 64 valence electrons. The van der Waals surface area contributed by atoms with Crippen LogP contribution in [-0.4, -0.2) is 21.6 Å². The summed E-state index contributed by atoms with van der Waals surface area (Å²) in [6.45, 7) is 2.12. The summed E-state index contributed by atoms with van der Waals surface area (Å²) < 4.78 is 4.76. The Hall–Kier alpha value is -1.65. The molecular formula is C7H9N3O2. The topological polar surface area (TPSA) is 67.6 Å². The number of ether oxygens (including phenoxy) is 1. The van der Waals surface area contributed by atoms with E-state index >= 15 is 0 Å². The van der Waals surface area contributed by atoms with E-state index in [1.54, 1.807) is 12.4 Å². The van der Waals surface area contributed by atoms with Crippen LogP contribution in [0.25, 0.3) is 0 Å². The lowest BCUT2D eigenvalue weighted by molar-refractivity contribution is 0.258. The first-order chi connectivity index (χ1) is 5.83. The molecule has 0 spiro atoms. The highest BCUT2D eigenvalue weighted by Crippen LogP contribution is 1.94. The fraction of sp³-hybridized carbons (Fsp3) is 0.286. The molecule has 1 N–H and O–H groups in total.